The van der Waals surface area contributed by atoms with Gasteiger partial charge in [0.05, 0.1) is 6.33 Å². The molecule has 0 amide bonds. The maximum absolute atomic E-state index is 6.13. The molecular formula is C26H32N8. The van der Waals surface area contributed by atoms with Crippen LogP contribution in [0, 0.1) is 0 Å². The number of nitrogens with zero attached hydrogens (tertiary/aromatic N) is 4. The zero-order valence-corrected chi connectivity index (χ0v) is 19.5. The first-order valence-corrected chi connectivity index (χ1v) is 12.0. The van der Waals surface area contributed by atoms with Gasteiger partial charge in [0.25, 0.3) is 0 Å². The molecular weight excluding hydrogens is 424 g/mol. The number of fused-ring (bicyclic) bond motifs is 1. The van der Waals surface area contributed by atoms with Crippen molar-refractivity contribution in [1.29, 1.82) is 0 Å². The molecule has 1 aliphatic carbocycles. The van der Waals surface area contributed by atoms with E-state index >= 15 is 0 Å². The van der Waals surface area contributed by atoms with Crippen LogP contribution in [0.15, 0.2) is 54.9 Å². The van der Waals surface area contributed by atoms with Crippen molar-refractivity contribution in [3.63, 3.8) is 0 Å². The van der Waals surface area contributed by atoms with Crippen molar-refractivity contribution in [2.45, 2.75) is 51.2 Å². The molecule has 8 nitrogen and oxygen atoms in total. The van der Waals surface area contributed by atoms with E-state index in [4.69, 9.17) is 21.4 Å². The SMILES string of the molecule is CC(N)CNc1nc(NCc2ccc(-c3ccccc3N)cc2)c2ncn(C3CCCC3)c2n1. The number of anilines is 3. The summed E-state index contributed by atoms with van der Waals surface area (Å²) in [5.74, 6) is 1.30. The molecule has 2 heterocycles. The van der Waals surface area contributed by atoms with Crippen molar-refractivity contribution in [3.8, 4) is 11.1 Å². The average Bonchev–Trinajstić information content (AvgIpc) is 3.52. The molecule has 0 aliphatic heterocycles. The normalized spacial score (nSPS) is 15.0. The summed E-state index contributed by atoms with van der Waals surface area (Å²) in [6.45, 7) is 3.19. The Morgan fingerprint density at radius 3 is 2.53 bits per heavy atom. The summed E-state index contributed by atoms with van der Waals surface area (Å²) in [5.41, 5.74) is 17.8. The molecule has 1 atom stereocenters. The van der Waals surface area contributed by atoms with Crippen LogP contribution in [0.2, 0.25) is 0 Å². The van der Waals surface area contributed by atoms with E-state index in [-0.39, 0.29) is 6.04 Å². The molecule has 1 saturated carbocycles. The van der Waals surface area contributed by atoms with Crippen LogP contribution in [0.4, 0.5) is 17.5 Å². The van der Waals surface area contributed by atoms with Crippen molar-refractivity contribution in [1.82, 2.24) is 19.5 Å². The van der Waals surface area contributed by atoms with Crippen molar-refractivity contribution >= 4 is 28.6 Å². The Balaban J connectivity index is 1.39. The summed E-state index contributed by atoms with van der Waals surface area (Å²) >= 11 is 0. The number of nitrogens with two attached hydrogens (primary N) is 2. The second-order valence-corrected chi connectivity index (χ2v) is 9.15. The highest BCUT2D eigenvalue weighted by atomic mass is 15.2. The Morgan fingerprint density at radius 2 is 1.79 bits per heavy atom. The fraction of sp³-hybridized carbons (Fsp3) is 0.346. The predicted molar refractivity (Wildman–Crippen MR) is 139 cm³/mol. The third kappa shape index (κ3) is 4.68. The van der Waals surface area contributed by atoms with Crippen LogP contribution >= 0.6 is 0 Å². The zero-order chi connectivity index (χ0) is 23.5. The number of nitrogen functional groups attached to an aromatic ring is 1. The largest absolute Gasteiger partial charge is 0.398 e. The van der Waals surface area contributed by atoms with E-state index in [1.54, 1.807) is 0 Å². The fourth-order valence-corrected chi connectivity index (χ4v) is 4.57. The smallest absolute Gasteiger partial charge is 0.226 e. The zero-order valence-electron chi connectivity index (χ0n) is 19.5. The number of hydrogen-bond donors (Lipinski definition) is 4. The Bertz CT molecular complexity index is 1260. The minimum absolute atomic E-state index is 0.00705. The molecule has 0 saturated heterocycles. The number of para-hydroxylation sites is 1. The fourth-order valence-electron chi connectivity index (χ4n) is 4.57. The Labute approximate surface area is 199 Å². The van der Waals surface area contributed by atoms with Gasteiger partial charge in [0, 0.05) is 36.4 Å². The van der Waals surface area contributed by atoms with Gasteiger partial charge in [0.15, 0.2) is 17.0 Å². The molecule has 176 valence electrons. The molecule has 8 heteroatoms. The lowest BCUT2D eigenvalue weighted by Gasteiger charge is -2.14. The molecule has 1 fully saturated rings. The van der Waals surface area contributed by atoms with E-state index in [9.17, 15) is 0 Å². The van der Waals surface area contributed by atoms with Gasteiger partial charge in [-0.05, 0) is 37.0 Å². The minimum atomic E-state index is 0.00705. The van der Waals surface area contributed by atoms with Gasteiger partial charge in [-0.25, -0.2) is 4.98 Å². The van der Waals surface area contributed by atoms with Crippen LogP contribution in [0.1, 0.15) is 44.2 Å². The summed E-state index contributed by atoms with van der Waals surface area (Å²) in [6, 6.07) is 16.8. The number of benzene rings is 2. The minimum Gasteiger partial charge on any atom is -0.398 e. The molecule has 34 heavy (non-hydrogen) atoms. The summed E-state index contributed by atoms with van der Waals surface area (Å²) < 4.78 is 2.21. The van der Waals surface area contributed by atoms with Crippen molar-refractivity contribution in [3.05, 3.63) is 60.4 Å². The highest BCUT2D eigenvalue weighted by Crippen LogP contribution is 2.33. The number of nitrogens with one attached hydrogen (secondary N) is 2. The van der Waals surface area contributed by atoms with E-state index in [1.165, 1.54) is 25.7 Å². The highest BCUT2D eigenvalue weighted by molar-refractivity contribution is 5.84. The molecule has 0 radical (unpaired) electrons. The molecule has 0 spiro atoms. The van der Waals surface area contributed by atoms with E-state index in [0.717, 1.165) is 39.4 Å². The lowest BCUT2D eigenvalue weighted by Crippen LogP contribution is -2.26. The average molecular weight is 457 g/mol. The summed E-state index contributed by atoms with van der Waals surface area (Å²) in [6.07, 6.45) is 6.75. The lowest BCUT2D eigenvalue weighted by atomic mass is 10.0. The molecule has 5 rings (SSSR count). The first-order valence-electron chi connectivity index (χ1n) is 12.0. The third-order valence-corrected chi connectivity index (χ3v) is 6.41. The quantitative estimate of drug-likeness (QED) is 0.287. The van der Waals surface area contributed by atoms with Crippen molar-refractivity contribution in [2.75, 3.05) is 22.9 Å². The second kappa shape index (κ2) is 9.69. The molecule has 1 unspecified atom stereocenters. The number of rotatable bonds is 8. The Hall–Kier alpha value is -3.65. The monoisotopic (exact) mass is 456 g/mol. The molecule has 1 aliphatic rings. The number of aromatic nitrogens is 4. The van der Waals surface area contributed by atoms with Crippen LogP contribution in [0.25, 0.3) is 22.3 Å². The van der Waals surface area contributed by atoms with Gasteiger partial charge < -0.3 is 26.7 Å². The van der Waals surface area contributed by atoms with E-state index < -0.39 is 0 Å². The van der Waals surface area contributed by atoms with Gasteiger partial charge in [-0.15, -0.1) is 0 Å². The predicted octanol–water partition coefficient (Wildman–Crippen LogP) is 4.56. The summed E-state index contributed by atoms with van der Waals surface area (Å²) in [5, 5.41) is 6.76. The molecule has 2 aromatic carbocycles. The standard InChI is InChI=1S/C26H32N8/c1-17(27)14-30-26-32-24(23-25(33-26)34(16-31-23)20-6-2-3-7-20)29-15-18-10-12-19(13-11-18)21-8-4-5-9-22(21)28/h4-5,8-13,16-17,20H,2-3,6-7,14-15,27-28H2,1H3,(H2,29,30,32,33). The first-order chi connectivity index (χ1) is 16.6. The van der Waals surface area contributed by atoms with Crippen molar-refractivity contribution < 1.29 is 0 Å². The maximum Gasteiger partial charge on any atom is 0.226 e. The van der Waals surface area contributed by atoms with Crippen LogP contribution in [-0.2, 0) is 6.54 Å². The van der Waals surface area contributed by atoms with E-state index in [0.29, 0.717) is 25.1 Å². The first kappa shape index (κ1) is 22.2. The number of hydrogen-bond acceptors (Lipinski definition) is 7. The van der Waals surface area contributed by atoms with Gasteiger partial charge in [-0.1, -0.05) is 55.3 Å². The molecule has 0 bridgehead atoms. The molecule has 6 N–H and O–H groups in total. The summed E-state index contributed by atoms with van der Waals surface area (Å²) in [7, 11) is 0. The van der Waals surface area contributed by atoms with Crippen LogP contribution in [0.3, 0.4) is 0 Å². The van der Waals surface area contributed by atoms with Gasteiger partial charge in [0.1, 0.15) is 0 Å². The van der Waals surface area contributed by atoms with Gasteiger partial charge in [-0.3, -0.25) is 0 Å². The van der Waals surface area contributed by atoms with Crippen LogP contribution in [0.5, 0.6) is 0 Å². The van der Waals surface area contributed by atoms with Crippen LogP contribution < -0.4 is 22.1 Å². The van der Waals surface area contributed by atoms with Crippen LogP contribution in [-0.4, -0.2) is 32.1 Å². The van der Waals surface area contributed by atoms with Crippen molar-refractivity contribution in [2.24, 2.45) is 5.73 Å². The Kier molecular flexibility index (Phi) is 6.31. The Morgan fingerprint density at radius 1 is 1.03 bits per heavy atom. The maximum atomic E-state index is 6.13. The van der Waals surface area contributed by atoms with E-state index in [2.05, 4.69) is 44.5 Å². The highest BCUT2D eigenvalue weighted by Gasteiger charge is 2.22. The molecule has 2 aromatic heterocycles. The topological polar surface area (TPSA) is 120 Å². The van der Waals surface area contributed by atoms with Gasteiger partial charge >= 0.3 is 0 Å². The van der Waals surface area contributed by atoms with Gasteiger partial charge in [0.2, 0.25) is 5.95 Å². The third-order valence-electron chi connectivity index (χ3n) is 6.41. The lowest BCUT2D eigenvalue weighted by molar-refractivity contribution is 0.529. The molecule has 4 aromatic rings. The summed E-state index contributed by atoms with van der Waals surface area (Å²) in [4.78, 5) is 14.2. The second-order valence-electron chi connectivity index (χ2n) is 9.15. The van der Waals surface area contributed by atoms with Gasteiger partial charge in [-0.2, -0.15) is 9.97 Å². The van der Waals surface area contributed by atoms with E-state index in [1.807, 2.05) is 37.5 Å². The number of imidazole rings is 1.